The fourth-order valence-electron chi connectivity index (χ4n) is 12.9. The minimum Gasteiger partial charge on any atom is -0.504 e. The molecule has 9 aromatic carbocycles. The Labute approximate surface area is 676 Å². The van der Waals surface area contributed by atoms with Crippen LogP contribution in [0.5, 0.6) is 161 Å². The summed E-state index contributed by atoms with van der Waals surface area (Å²) in [5.41, 5.74) is -16.0. The van der Waals surface area contributed by atoms with Gasteiger partial charge < -0.3 is 195 Å². The number of phenols is 26. The standard InChI is InChI=1S/C75H54O48/c76-25-1-16(2-26(77)44(25)88)65(102)119-61-59-38(115-74(111)63(61)121-67(104)18-5-29(80)46(90)30(81)6-18)14-112-70(107)23-13-37(52(96)56(100)43(23)42-22(71(108)117-59)11-35(86)50(94)55(42)99)114-58-24(12-36(87)51(95)57(58)101)73(110)123-75-64(122-68(105)19-7-31(82)47(91)32(83)8-19)62(120-66(103)17-3-27(78)45(89)28(79)4-17)60-39(116-75)15-113-69(106)20-9-33(84)48(92)53(97)40(20)41-21(72(109)118-60)10-34(85)49(93)54(41)98/h1-13,38-39,59-64,74-101,111H,14-15H2/t38-,39-,59-,60-,61+,62+,63-,64-,74-,75+/m1/s1. The number of hydrogen-bond donors (Lipinski definition) is 27. The summed E-state index contributed by atoms with van der Waals surface area (Å²) in [5.74, 6) is -58.4. The predicted molar refractivity (Wildman–Crippen MR) is 380 cm³/mol. The number of rotatable bonds is 12. The van der Waals surface area contributed by atoms with Crippen LogP contribution in [0.3, 0.4) is 0 Å². The molecule has 0 saturated carbocycles. The molecular weight excluding hydrogens is 1670 g/mol. The Morgan fingerprint density at radius 3 is 0.935 bits per heavy atom. The van der Waals surface area contributed by atoms with Gasteiger partial charge in [-0.3, -0.25) is 0 Å². The van der Waals surface area contributed by atoms with Gasteiger partial charge in [-0.25, -0.2) is 43.2 Å². The van der Waals surface area contributed by atoms with Gasteiger partial charge in [0, 0.05) is 34.4 Å². The fourth-order valence-corrected chi connectivity index (χ4v) is 12.9. The zero-order valence-corrected chi connectivity index (χ0v) is 60.3. The van der Waals surface area contributed by atoms with Crippen molar-refractivity contribution in [1.29, 1.82) is 0 Å². The van der Waals surface area contributed by atoms with E-state index in [1.54, 1.807) is 0 Å². The van der Waals surface area contributed by atoms with Crippen LogP contribution in [0.2, 0.25) is 0 Å². The van der Waals surface area contributed by atoms with Crippen molar-refractivity contribution in [2.75, 3.05) is 13.2 Å². The molecule has 0 bridgehead atoms. The number of hydrogen-bond acceptors (Lipinski definition) is 48. The summed E-state index contributed by atoms with van der Waals surface area (Å²) < 4.78 is 67.7. The summed E-state index contributed by atoms with van der Waals surface area (Å²) in [6, 6.07) is 4.60. The molecule has 123 heavy (non-hydrogen) atoms. The number of benzene rings is 9. The van der Waals surface area contributed by atoms with Gasteiger partial charge in [0.1, 0.15) is 31.0 Å². The normalized spacial score (nSPS) is 19.8. The summed E-state index contributed by atoms with van der Waals surface area (Å²) >= 11 is 0. The first kappa shape index (κ1) is 83.6. The first-order valence-corrected chi connectivity index (χ1v) is 34.1. The van der Waals surface area contributed by atoms with Crippen LogP contribution in [0, 0.1) is 0 Å². The van der Waals surface area contributed by atoms with Crippen molar-refractivity contribution >= 4 is 53.7 Å². The number of phenolic OH excluding ortho intramolecular Hbond substituents is 26. The van der Waals surface area contributed by atoms with Gasteiger partial charge in [-0.2, -0.15) is 0 Å². The third-order valence-corrected chi connectivity index (χ3v) is 18.9. The monoisotopic (exact) mass is 1720 g/mol. The van der Waals surface area contributed by atoms with E-state index in [-0.39, 0.29) is 24.3 Å². The topological polar surface area (TPSA) is 811 Å². The van der Waals surface area contributed by atoms with Crippen LogP contribution in [-0.2, 0) is 52.1 Å². The molecule has 0 unspecified atom stereocenters. The Kier molecular flexibility index (Phi) is 21.3. The molecule has 48 heteroatoms. The number of aliphatic hydroxyl groups is 1. The highest BCUT2D eigenvalue weighted by Crippen LogP contribution is 2.58. The number of fused-ring (bicyclic) bond motifs is 8. The highest BCUT2D eigenvalue weighted by molar-refractivity contribution is 6.10. The second kappa shape index (κ2) is 31.3. The van der Waals surface area contributed by atoms with E-state index in [2.05, 4.69) is 0 Å². The van der Waals surface area contributed by atoms with E-state index in [9.17, 15) is 176 Å². The van der Waals surface area contributed by atoms with Crippen molar-refractivity contribution in [1.82, 2.24) is 0 Å². The SMILES string of the molecule is O=C(O[C@@H]1[C@@H](OC(=O)c2cc(O)c(O)c(O)c2)[C@H](O)O[C@@H]2COC(=O)c3cc(Oc4c(C(=O)O[C@@H]5O[C@@H]6COC(=O)c7cc(O)c(O)c(O)c7-c7c(cc(O)c(O)c7O)C(=O)O[C@H]6[C@H](OC(=O)c6cc(O)c(O)c(O)c6)[C@H]5OC(=O)c5cc(O)c(O)c(O)c5)cc(O)c(O)c4O)c(O)c(O)c3-c3c(cc(O)c(O)c3O)C(=O)O[C@@H]12)c1cc(O)c(O)c(O)c1. The van der Waals surface area contributed by atoms with Gasteiger partial charge >= 0.3 is 53.7 Å². The van der Waals surface area contributed by atoms with Gasteiger partial charge in [0.15, 0.2) is 163 Å². The Balaban J connectivity index is 0.927. The van der Waals surface area contributed by atoms with E-state index in [0.717, 1.165) is 0 Å². The molecule has 9 aromatic rings. The van der Waals surface area contributed by atoms with E-state index >= 15 is 4.79 Å². The lowest BCUT2D eigenvalue weighted by Crippen LogP contribution is -2.63. The maximum atomic E-state index is 15.4. The minimum absolute atomic E-state index is 0.108. The molecule has 2 fully saturated rings. The Hall–Kier alpha value is -17.3. The maximum absolute atomic E-state index is 15.4. The predicted octanol–water partition coefficient (Wildman–Crippen LogP) is 2.75. The molecule has 4 aliphatic rings. The molecule has 4 aliphatic heterocycles. The van der Waals surface area contributed by atoms with Gasteiger partial charge in [0.05, 0.1) is 44.5 Å². The molecule has 0 spiro atoms. The van der Waals surface area contributed by atoms with Crippen LogP contribution in [0.15, 0.2) is 78.9 Å². The molecule has 2 saturated heterocycles. The molecule has 642 valence electrons. The van der Waals surface area contributed by atoms with Crippen LogP contribution in [-0.4, -0.2) is 266 Å². The second-order valence-electron chi connectivity index (χ2n) is 26.5. The van der Waals surface area contributed by atoms with Crippen molar-refractivity contribution in [2.45, 2.75) is 61.4 Å². The average molecular weight is 1720 g/mol. The lowest BCUT2D eigenvalue weighted by atomic mass is 9.91. The fraction of sp³-hybridized carbons (Fsp3) is 0.160. The largest absolute Gasteiger partial charge is 0.504 e. The second-order valence-corrected chi connectivity index (χ2v) is 26.5. The number of aromatic hydroxyl groups is 26. The van der Waals surface area contributed by atoms with Crippen molar-refractivity contribution in [3.8, 4) is 183 Å². The van der Waals surface area contributed by atoms with Gasteiger partial charge in [-0.1, -0.05) is 0 Å². The zero-order chi connectivity index (χ0) is 89.7. The van der Waals surface area contributed by atoms with Crippen LogP contribution >= 0.6 is 0 Å². The van der Waals surface area contributed by atoms with Gasteiger partial charge in [0.2, 0.25) is 46.9 Å². The lowest BCUT2D eigenvalue weighted by molar-refractivity contribution is -0.284. The van der Waals surface area contributed by atoms with E-state index < -0.39 is 362 Å². The molecule has 0 amide bonds. The number of esters is 9. The van der Waals surface area contributed by atoms with Crippen molar-refractivity contribution in [3.63, 3.8) is 0 Å². The molecule has 27 N–H and O–H groups in total. The molecule has 0 aromatic heterocycles. The molecule has 0 aliphatic carbocycles. The summed E-state index contributed by atoms with van der Waals surface area (Å²) in [6.45, 7) is -3.07. The number of carbonyl (C=O) groups is 9. The van der Waals surface area contributed by atoms with E-state index in [1.807, 2.05) is 0 Å². The number of aliphatic hydroxyl groups excluding tert-OH is 1. The molecule has 13 rings (SSSR count). The van der Waals surface area contributed by atoms with Crippen LogP contribution in [0.4, 0.5) is 0 Å². The van der Waals surface area contributed by atoms with Gasteiger partial charge in [0.25, 0.3) is 0 Å². The van der Waals surface area contributed by atoms with Crippen molar-refractivity contribution in [2.24, 2.45) is 0 Å². The molecule has 10 atom stereocenters. The minimum atomic E-state index is -3.09. The molecule has 0 radical (unpaired) electrons. The molecular formula is C75H54O48. The third-order valence-electron chi connectivity index (χ3n) is 18.9. The summed E-state index contributed by atoms with van der Waals surface area (Å²) in [6.07, 6.45) is -27.3. The van der Waals surface area contributed by atoms with Gasteiger partial charge in [-0.15, -0.1) is 0 Å². The Morgan fingerprint density at radius 2 is 0.569 bits per heavy atom. The lowest BCUT2D eigenvalue weighted by Gasteiger charge is -2.43. The van der Waals surface area contributed by atoms with Crippen LogP contribution in [0.1, 0.15) is 93.2 Å². The highest BCUT2D eigenvalue weighted by Gasteiger charge is 2.57. The Morgan fingerprint density at radius 1 is 0.285 bits per heavy atom. The smallest absolute Gasteiger partial charge is 0.344 e. The number of cyclic esters (lactones) is 2. The quantitative estimate of drug-likeness (QED) is 0.0475. The first-order valence-electron chi connectivity index (χ1n) is 34.1. The van der Waals surface area contributed by atoms with Crippen molar-refractivity contribution < 1.29 is 238 Å². The summed E-state index contributed by atoms with van der Waals surface area (Å²) in [4.78, 5) is 132. The first-order chi connectivity index (χ1) is 57.9. The number of carbonyl (C=O) groups excluding carboxylic acids is 9. The van der Waals surface area contributed by atoms with Crippen LogP contribution < -0.4 is 4.74 Å². The highest BCUT2D eigenvalue weighted by atomic mass is 16.8. The zero-order valence-electron chi connectivity index (χ0n) is 60.3. The van der Waals surface area contributed by atoms with E-state index in [1.165, 1.54) is 0 Å². The van der Waals surface area contributed by atoms with E-state index in [0.29, 0.717) is 54.6 Å². The molecule has 4 heterocycles. The molecule has 48 nitrogen and oxygen atoms in total. The average Bonchev–Trinajstić information content (AvgIpc) is 1.73. The van der Waals surface area contributed by atoms with E-state index in [4.69, 9.17) is 56.8 Å². The number of ether oxygens (including phenoxy) is 12. The summed E-state index contributed by atoms with van der Waals surface area (Å²) in [7, 11) is 0. The van der Waals surface area contributed by atoms with Gasteiger partial charge in [-0.05, 0) is 66.7 Å². The van der Waals surface area contributed by atoms with Crippen molar-refractivity contribution in [3.05, 3.63) is 129 Å². The maximum Gasteiger partial charge on any atom is 0.344 e. The van der Waals surface area contributed by atoms with Crippen LogP contribution in [0.25, 0.3) is 22.3 Å². The third kappa shape index (κ3) is 14.8. The Bertz CT molecular complexity index is 5970. The summed E-state index contributed by atoms with van der Waals surface area (Å²) in [5, 5.41) is 293.